The summed E-state index contributed by atoms with van der Waals surface area (Å²) < 4.78 is 15.1. The van der Waals surface area contributed by atoms with Crippen LogP contribution in [0, 0.1) is 13.8 Å². The Bertz CT molecular complexity index is 3220. The van der Waals surface area contributed by atoms with Gasteiger partial charge in [-0.3, -0.25) is 0 Å². The molecule has 0 saturated heterocycles. The van der Waals surface area contributed by atoms with Crippen LogP contribution in [-0.2, 0) is 11.3 Å². The number of ether oxygens (including phenoxy) is 1. The highest BCUT2D eigenvalue weighted by molar-refractivity contribution is 5.99. The van der Waals surface area contributed by atoms with E-state index in [4.69, 9.17) is 4.74 Å². The topological polar surface area (TPSA) is 21.9 Å². The molecule has 5 heterocycles. The molecule has 7 aromatic carbocycles. The van der Waals surface area contributed by atoms with Crippen LogP contribution in [0.3, 0.4) is 0 Å². The summed E-state index contributed by atoms with van der Waals surface area (Å²) in [5, 5.41) is 0. The lowest BCUT2D eigenvalue weighted by molar-refractivity contribution is -0.997. The minimum absolute atomic E-state index is 0.0639. The molecule has 0 saturated carbocycles. The number of aromatic nitrogens is 3. The highest BCUT2D eigenvalue weighted by Crippen LogP contribution is 2.54. The second-order valence-electron chi connectivity index (χ2n) is 17.6. The van der Waals surface area contributed by atoms with Gasteiger partial charge >= 0.3 is 11.7 Å². The van der Waals surface area contributed by atoms with Gasteiger partial charge in [-0.1, -0.05) is 135 Å². The molecule has 3 aliphatic heterocycles. The maximum Gasteiger partial charge on any atom is 0.499 e. The molecule has 9 aromatic rings. The molecule has 2 aromatic heterocycles. The number of hydrogen-bond donors (Lipinski definition) is 0. The first kappa shape index (κ1) is 34.0. The van der Waals surface area contributed by atoms with Gasteiger partial charge < -0.3 is 4.74 Å². The largest absolute Gasteiger partial charge is 0.499 e. The third-order valence-electron chi connectivity index (χ3n) is 12.8. The zero-order valence-corrected chi connectivity index (χ0v) is 33.9. The summed E-state index contributed by atoms with van der Waals surface area (Å²) in [4.78, 5) is 0. The lowest BCUT2D eigenvalue weighted by atomic mass is 9.85. The van der Waals surface area contributed by atoms with Crippen molar-refractivity contribution >= 4 is 11.0 Å². The molecule has 1 atom stereocenters. The molecule has 4 nitrogen and oxygen atoms in total. The van der Waals surface area contributed by atoms with Crippen LogP contribution < -0.4 is 13.9 Å². The Morgan fingerprint density at radius 1 is 0.525 bits per heavy atom. The third kappa shape index (κ3) is 4.71. The van der Waals surface area contributed by atoms with Gasteiger partial charge in [0.1, 0.15) is 22.6 Å². The van der Waals surface area contributed by atoms with Crippen LogP contribution >= 0.6 is 0 Å². The minimum Gasteiger partial charge on any atom is -0.392 e. The van der Waals surface area contributed by atoms with Crippen molar-refractivity contribution in [1.29, 1.82) is 0 Å². The minimum atomic E-state index is -1.03. The van der Waals surface area contributed by atoms with Crippen molar-refractivity contribution in [2.75, 3.05) is 0 Å². The number of benzene rings is 7. The lowest BCUT2D eigenvalue weighted by Crippen LogP contribution is -2.78. The van der Waals surface area contributed by atoms with Gasteiger partial charge in [-0.15, -0.1) is 9.13 Å². The van der Waals surface area contributed by atoms with Crippen LogP contribution in [0.1, 0.15) is 43.0 Å². The highest BCUT2D eigenvalue weighted by atomic mass is 16.5. The second kappa shape index (κ2) is 12.0. The van der Waals surface area contributed by atoms with E-state index in [0.717, 1.165) is 39.6 Å². The number of imidazole rings is 1. The van der Waals surface area contributed by atoms with Gasteiger partial charge in [-0.05, 0) is 101 Å². The van der Waals surface area contributed by atoms with Crippen molar-refractivity contribution in [3.8, 4) is 78.6 Å². The summed E-state index contributed by atoms with van der Waals surface area (Å²) in [5.74, 6) is 0.925. The fourth-order valence-corrected chi connectivity index (χ4v) is 9.97. The summed E-state index contributed by atoms with van der Waals surface area (Å²) in [6, 6.07) is 60.6. The van der Waals surface area contributed by atoms with Crippen LogP contribution in [0.25, 0.3) is 83.9 Å². The van der Waals surface area contributed by atoms with Crippen LogP contribution in [0.2, 0.25) is 0 Å². The first-order valence-corrected chi connectivity index (χ1v) is 20.7. The fourth-order valence-electron chi connectivity index (χ4n) is 9.97. The smallest absolute Gasteiger partial charge is 0.392 e. The molecule has 1 spiro atoms. The molecular weight excluding hydrogens is 719 g/mol. The molecular formula is C55H43N3O+2. The predicted octanol–water partition coefficient (Wildman–Crippen LogP) is 12.3. The molecule has 0 bridgehead atoms. The standard InChI is InChI=1S/C55H43N3O/c1-34-18-21-37(22-19-34)39-28-29-56-49(33-39)46-32-40(36-12-7-6-8-13-36)31-45-42-15-11-16-48-52(42)58-53(43-14-9-10-17-50(43)59-55(56,58)51(45)46)57(48)47-27-20-35(2)30-44(47)38-23-25-41(26-24-38)54(3,4)5/h6-33H,1-5H3/q+2. The van der Waals surface area contributed by atoms with Gasteiger partial charge in [0.2, 0.25) is 5.69 Å². The SMILES string of the molecule is Cc1ccc(-c2cc[n+]3c(c2)-c2cc(-c4ccccc4)cc4c2C32Oc3ccccc3-c3n(-c5ccc(C)cc5-c5ccc(C(C)(C)C)cc5)c5cccc-4c5[n+]32)cc1. The molecule has 1 unspecified atom stereocenters. The summed E-state index contributed by atoms with van der Waals surface area (Å²) >= 11 is 0. The molecule has 3 aliphatic rings. The first-order valence-electron chi connectivity index (χ1n) is 20.7. The first-order chi connectivity index (χ1) is 28.7. The fraction of sp³-hybridized carbons (Fsp3) is 0.127. The maximum atomic E-state index is 7.65. The van der Waals surface area contributed by atoms with Crippen molar-refractivity contribution in [1.82, 2.24) is 4.57 Å². The van der Waals surface area contributed by atoms with Gasteiger partial charge in [0.25, 0.3) is 0 Å². The predicted molar refractivity (Wildman–Crippen MR) is 238 cm³/mol. The van der Waals surface area contributed by atoms with E-state index in [1.807, 2.05) is 0 Å². The second-order valence-corrected chi connectivity index (χ2v) is 17.6. The third-order valence-corrected chi connectivity index (χ3v) is 12.8. The van der Waals surface area contributed by atoms with E-state index in [2.05, 4.69) is 218 Å². The van der Waals surface area contributed by atoms with Crippen molar-refractivity contribution in [2.45, 2.75) is 45.9 Å². The number of rotatable bonds is 4. The van der Waals surface area contributed by atoms with Crippen molar-refractivity contribution in [3.63, 3.8) is 0 Å². The molecule has 12 rings (SSSR count). The quantitative estimate of drug-likeness (QED) is 0.164. The summed E-state index contributed by atoms with van der Waals surface area (Å²) in [7, 11) is 0. The Balaban J connectivity index is 1.22. The zero-order valence-electron chi connectivity index (χ0n) is 33.9. The van der Waals surface area contributed by atoms with Crippen LogP contribution in [-0.4, -0.2) is 4.57 Å². The Kier molecular flexibility index (Phi) is 6.92. The summed E-state index contributed by atoms with van der Waals surface area (Å²) in [6.45, 7) is 11.2. The van der Waals surface area contributed by atoms with Crippen molar-refractivity contribution in [2.24, 2.45) is 0 Å². The summed E-state index contributed by atoms with van der Waals surface area (Å²) in [6.07, 6.45) is 2.26. The van der Waals surface area contributed by atoms with Gasteiger partial charge in [-0.2, -0.15) is 4.57 Å². The Morgan fingerprint density at radius 3 is 2.02 bits per heavy atom. The average Bonchev–Trinajstić information content (AvgIpc) is 3.75. The molecule has 0 amide bonds. The number of aryl methyl sites for hydroxylation is 2. The van der Waals surface area contributed by atoms with Crippen LogP contribution in [0.4, 0.5) is 0 Å². The van der Waals surface area contributed by atoms with Crippen LogP contribution in [0.15, 0.2) is 170 Å². The Morgan fingerprint density at radius 2 is 1.22 bits per heavy atom. The number of nitrogens with zero attached hydrogens (tertiary/aromatic N) is 3. The van der Waals surface area contributed by atoms with Crippen molar-refractivity contribution < 1.29 is 13.9 Å². The van der Waals surface area contributed by atoms with Gasteiger partial charge in [0, 0.05) is 28.8 Å². The number of pyridine rings is 1. The van der Waals surface area contributed by atoms with E-state index >= 15 is 0 Å². The molecule has 59 heavy (non-hydrogen) atoms. The Labute approximate surface area is 344 Å². The van der Waals surface area contributed by atoms with Crippen LogP contribution in [0.5, 0.6) is 5.75 Å². The lowest BCUT2D eigenvalue weighted by Gasteiger charge is -2.32. The van der Waals surface area contributed by atoms with Crippen molar-refractivity contribution in [3.05, 3.63) is 192 Å². The summed E-state index contributed by atoms with van der Waals surface area (Å²) in [5.41, 5.74) is 21.3. The number of para-hydroxylation sites is 2. The molecule has 0 fully saturated rings. The molecule has 0 radical (unpaired) electrons. The molecule has 4 heteroatoms. The van der Waals surface area contributed by atoms with E-state index in [-0.39, 0.29) is 5.41 Å². The van der Waals surface area contributed by atoms with Gasteiger partial charge in [0.15, 0.2) is 17.2 Å². The molecule has 0 aliphatic carbocycles. The number of hydrogen-bond acceptors (Lipinski definition) is 1. The van der Waals surface area contributed by atoms with Gasteiger partial charge in [-0.25, -0.2) is 0 Å². The Hall–Kier alpha value is -7.04. The van der Waals surface area contributed by atoms with E-state index in [0.29, 0.717) is 0 Å². The zero-order chi connectivity index (χ0) is 39.8. The van der Waals surface area contributed by atoms with Gasteiger partial charge in [0.05, 0.1) is 5.56 Å². The van der Waals surface area contributed by atoms with E-state index < -0.39 is 5.85 Å². The average molecular weight is 762 g/mol. The normalized spacial score (nSPS) is 15.4. The maximum absolute atomic E-state index is 7.65. The molecule has 0 N–H and O–H groups in total. The monoisotopic (exact) mass is 761 g/mol. The molecule has 282 valence electrons. The van der Waals surface area contributed by atoms with E-state index in [1.165, 1.54) is 72.3 Å². The van der Waals surface area contributed by atoms with E-state index in [1.54, 1.807) is 0 Å². The number of fused-ring (bicyclic) bond motifs is 5. The van der Waals surface area contributed by atoms with E-state index in [9.17, 15) is 0 Å². The highest BCUT2D eigenvalue weighted by Gasteiger charge is 2.68.